The fraction of sp³-hybridized carbons (Fsp3) is 0.133. The van der Waals surface area contributed by atoms with Crippen LogP contribution in [0.25, 0.3) is 0 Å². The Kier molecular flexibility index (Phi) is 3.75. The zero-order valence-electron chi connectivity index (χ0n) is 10.1. The van der Waals surface area contributed by atoms with Gasteiger partial charge < -0.3 is 10.4 Å². The van der Waals surface area contributed by atoms with E-state index in [1.54, 1.807) is 30.3 Å². The Morgan fingerprint density at radius 3 is 2.50 bits per heavy atom. The first kappa shape index (κ1) is 12.3. The molecule has 0 fully saturated rings. The van der Waals surface area contributed by atoms with E-state index in [1.165, 1.54) is 0 Å². The third-order valence-electron chi connectivity index (χ3n) is 2.65. The number of hydrogen-bond acceptors (Lipinski definition) is 2. The number of carbonyl (C=O) groups excluding carboxylic acids is 1. The van der Waals surface area contributed by atoms with Gasteiger partial charge in [0.15, 0.2) is 6.10 Å². The Morgan fingerprint density at radius 2 is 1.83 bits per heavy atom. The number of amides is 1. The molecule has 2 aromatic carbocycles. The second-order valence-electron chi connectivity index (χ2n) is 4.17. The zero-order valence-corrected chi connectivity index (χ0v) is 10.1. The van der Waals surface area contributed by atoms with Crippen molar-refractivity contribution in [2.45, 2.75) is 13.0 Å². The minimum Gasteiger partial charge on any atom is -0.378 e. The van der Waals surface area contributed by atoms with E-state index in [0.717, 1.165) is 5.56 Å². The Balaban J connectivity index is 2.09. The summed E-state index contributed by atoms with van der Waals surface area (Å²) in [4.78, 5) is 11.9. The SMILES string of the molecule is Cc1cccc(NC(=O)C(O)c2ccccc2)c1. The predicted molar refractivity (Wildman–Crippen MR) is 71.2 cm³/mol. The van der Waals surface area contributed by atoms with Gasteiger partial charge in [0, 0.05) is 5.69 Å². The van der Waals surface area contributed by atoms with Crippen LogP contribution in [0.15, 0.2) is 54.6 Å². The molecule has 0 aliphatic heterocycles. The van der Waals surface area contributed by atoms with Crippen LogP contribution < -0.4 is 5.32 Å². The van der Waals surface area contributed by atoms with Gasteiger partial charge >= 0.3 is 0 Å². The van der Waals surface area contributed by atoms with Gasteiger partial charge in [-0.25, -0.2) is 0 Å². The molecule has 1 unspecified atom stereocenters. The van der Waals surface area contributed by atoms with E-state index in [-0.39, 0.29) is 0 Å². The van der Waals surface area contributed by atoms with Crippen molar-refractivity contribution in [3.63, 3.8) is 0 Å². The average molecular weight is 241 g/mol. The molecule has 1 atom stereocenters. The molecule has 0 spiro atoms. The van der Waals surface area contributed by atoms with Gasteiger partial charge in [0.1, 0.15) is 0 Å². The lowest BCUT2D eigenvalue weighted by atomic mass is 10.1. The van der Waals surface area contributed by atoms with E-state index >= 15 is 0 Å². The van der Waals surface area contributed by atoms with Crippen LogP contribution in [0.4, 0.5) is 5.69 Å². The maximum Gasteiger partial charge on any atom is 0.257 e. The average Bonchev–Trinajstić information content (AvgIpc) is 2.39. The van der Waals surface area contributed by atoms with Crippen LogP contribution in [-0.2, 0) is 4.79 Å². The lowest BCUT2D eigenvalue weighted by Gasteiger charge is -2.11. The van der Waals surface area contributed by atoms with Crippen molar-refractivity contribution in [2.24, 2.45) is 0 Å². The van der Waals surface area contributed by atoms with Gasteiger partial charge in [-0.1, -0.05) is 42.5 Å². The van der Waals surface area contributed by atoms with Gasteiger partial charge in [-0.2, -0.15) is 0 Å². The largest absolute Gasteiger partial charge is 0.378 e. The van der Waals surface area contributed by atoms with Crippen molar-refractivity contribution >= 4 is 11.6 Å². The predicted octanol–water partition coefficient (Wildman–Crippen LogP) is 2.67. The summed E-state index contributed by atoms with van der Waals surface area (Å²) in [5.41, 5.74) is 2.33. The van der Waals surface area contributed by atoms with Gasteiger partial charge in [0.25, 0.3) is 5.91 Å². The number of carbonyl (C=O) groups is 1. The molecule has 0 aromatic heterocycles. The van der Waals surface area contributed by atoms with Crippen molar-refractivity contribution in [3.05, 3.63) is 65.7 Å². The summed E-state index contributed by atoms with van der Waals surface area (Å²) in [5, 5.41) is 12.6. The molecule has 0 aliphatic carbocycles. The van der Waals surface area contributed by atoms with Gasteiger partial charge in [0.05, 0.1) is 0 Å². The van der Waals surface area contributed by atoms with Crippen molar-refractivity contribution < 1.29 is 9.90 Å². The highest BCUT2D eigenvalue weighted by molar-refractivity contribution is 5.94. The number of aryl methyl sites for hydroxylation is 1. The normalized spacial score (nSPS) is 11.9. The number of aliphatic hydroxyl groups excluding tert-OH is 1. The summed E-state index contributed by atoms with van der Waals surface area (Å²) < 4.78 is 0. The number of rotatable bonds is 3. The monoisotopic (exact) mass is 241 g/mol. The highest BCUT2D eigenvalue weighted by Crippen LogP contribution is 2.16. The molecule has 18 heavy (non-hydrogen) atoms. The fourth-order valence-electron chi connectivity index (χ4n) is 1.72. The van der Waals surface area contributed by atoms with Crippen LogP contribution in [0.1, 0.15) is 17.2 Å². The van der Waals surface area contributed by atoms with Crippen LogP contribution in [-0.4, -0.2) is 11.0 Å². The maximum atomic E-state index is 11.9. The topological polar surface area (TPSA) is 49.3 Å². The van der Waals surface area contributed by atoms with E-state index in [0.29, 0.717) is 11.3 Å². The molecule has 3 nitrogen and oxygen atoms in total. The van der Waals surface area contributed by atoms with E-state index in [9.17, 15) is 9.90 Å². The Morgan fingerprint density at radius 1 is 1.11 bits per heavy atom. The van der Waals surface area contributed by atoms with Gasteiger partial charge in [-0.3, -0.25) is 4.79 Å². The van der Waals surface area contributed by atoms with Crippen molar-refractivity contribution in [2.75, 3.05) is 5.32 Å². The first-order valence-corrected chi connectivity index (χ1v) is 5.77. The molecule has 0 saturated heterocycles. The lowest BCUT2D eigenvalue weighted by molar-refractivity contribution is -0.124. The quantitative estimate of drug-likeness (QED) is 0.868. The molecular formula is C15H15NO2. The molecule has 92 valence electrons. The number of nitrogens with one attached hydrogen (secondary N) is 1. The van der Waals surface area contributed by atoms with Gasteiger partial charge in [-0.05, 0) is 30.2 Å². The van der Waals surface area contributed by atoms with Crippen LogP contribution in [0.5, 0.6) is 0 Å². The van der Waals surface area contributed by atoms with E-state index < -0.39 is 12.0 Å². The molecule has 0 aliphatic rings. The molecule has 3 heteroatoms. The highest BCUT2D eigenvalue weighted by atomic mass is 16.3. The number of aliphatic hydroxyl groups is 1. The molecular weight excluding hydrogens is 226 g/mol. The van der Waals surface area contributed by atoms with Crippen LogP contribution in [0.3, 0.4) is 0 Å². The molecule has 2 N–H and O–H groups in total. The molecule has 0 radical (unpaired) electrons. The van der Waals surface area contributed by atoms with Crippen LogP contribution in [0, 0.1) is 6.92 Å². The molecule has 2 aromatic rings. The summed E-state index contributed by atoms with van der Waals surface area (Å²) >= 11 is 0. The molecule has 0 heterocycles. The van der Waals surface area contributed by atoms with Crippen molar-refractivity contribution in [1.82, 2.24) is 0 Å². The summed E-state index contributed by atoms with van der Waals surface area (Å²) in [6, 6.07) is 16.3. The lowest BCUT2D eigenvalue weighted by Crippen LogP contribution is -2.20. The summed E-state index contributed by atoms with van der Waals surface area (Å²) in [5.74, 6) is -0.424. The van der Waals surface area contributed by atoms with E-state index in [4.69, 9.17) is 0 Å². The minimum absolute atomic E-state index is 0.424. The highest BCUT2D eigenvalue weighted by Gasteiger charge is 2.16. The van der Waals surface area contributed by atoms with E-state index in [2.05, 4.69) is 5.32 Å². The molecule has 0 bridgehead atoms. The van der Waals surface area contributed by atoms with Crippen molar-refractivity contribution in [1.29, 1.82) is 0 Å². The molecule has 2 rings (SSSR count). The van der Waals surface area contributed by atoms with Crippen molar-refractivity contribution in [3.8, 4) is 0 Å². The van der Waals surface area contributed by atoms with Gasteiger partial charge in [-0.15, -0.1) is 0 Å². The number of benzene rings is 2. The standard InChI is InChI=1S/C15H15NO2/c1-11-6-5-9-13(10-11)16-15(18)14(17)12-7-3-2-4-8-12/h2-10,14,17H,1H3,(H,16,18). The maximum absolute atomic E-state index is 11.9. The van der Waals surface area contributed by atoms with Crippen LogP contribution >= 0.6 is 0 Å². The number of anilines is 1. The summed E-state index contributed by atoms with van der Waals surface area (Å²) in [6.45, 7) is 1.95. The number of hydrogen-bond donors (Lipinski definition) is 2. The van der Waals surface area contributed by atoms with E-state index in [1.807, 2.05) is 31.2 Å². The molecule has 0 saturated carbocycles. The van der Waals surface area contributed by atoms with Gasteiger partial charge in [0.2, 0.25) is 0 Å². The first-order chi connectivity index (χ1) is 8.66. The minimum atomic E-state index is -1.15. The Bertz CT molecular complexity index is 537. The first-order valence-electron chi connectivity index (χ1n) is 5.77. The Hall–Kier alpha value is -2.13. The van der Waals surface area contributed by atoms with Crippen LogP contribution in [0.2, 0.25) is 0 Å². The third kappa shape index (κ3) is 2.96. The zero-order chi connectivity index (χ0) is 13.0. The summed E-state index contributed by atoms with van der Waals surface area (Å²) in [6.07, 6.45) is -1.15. The summed E-state index contributed by atoms with van der Waals surface area (Å²) in [7, 11) is 0. The Labute approximate surface area is 106 Å². The fourth-order valence-corrected chi connectivity index (χ4v) is 1.72. The third-order valence-corrected chi connectivity index (χ3v) is 2.65. The smallest absolute Gasteiger partial charge is 0.257 e. The second-order valence-corrected chi connectivity index (χ2v) is 4.17. The molecule has 1 amide bonds. The second kappa shape index (κ2) is 5.47.